The summed E-state index contributed by atoms with van der Waals surface area (Å²) in [7, 11) is -17.6. The lowest BCUT2D eigenvalue weighted by Crippen LogP contribution is -2.52. The van der Waals surface area contributed by atoms with Crippen LogP contribution >= 0.6 is 34.8 Å². The molecule has 1 aliphatic rings. The lowest BCUT2D eigenvalue weighted by molar-refractivity contribution is -0.128. The van der Waals surface area contributed by atoms with Gasteiger partial charge in [0.05, 0.1) is 5.88 Å². The Hall–Kier alpha value is -0.800. The highest BCUT2D eigenvalue weighted by Crippen LogP contribution is 2.69. The number of hydrogen-bond acceptors (Lipinski definition) is 10. The molecule has 21 heteroatoms. The SMILES string of the molecule is CC(C(F)P(=O)(O)OP(=O)(O)OP(=O)(O)O)[C@@]1(CCl)O[C@@H](n2ccc(N)nc2=O)[C@H](F)[C@@H]1O. The van der Waals surface area contributed by atoms with Gasteiger partial charge in [0.2, 0.25) is 5.91 Å². The van der Waals surface area contributed by atoms with Crippen molar-refractivity contribution < 1.29 is 60.5 Å². The van der Waals surface area contributed by atoms with Gasteiger partial charge in [0.1, 0.15) is 17.5 Å². The highest BCUT2D eigenvalue weighted by Gasteiger charge is 2.62. The zero-order chi connectivity index (χ0) is 25.6. The average Bonchev–Trinajstić information content (AvgIpc) is 2.89. The molecule has 4 unspecified atom stereocenters. The lowest BCUT2D eigenvalue weighted by atomic mass is 9.85. The highest BCUT2D eigenvalue weighted by atomic mass is 35.5. The molecule has 33 heavy (non-hydrogen) atoms. The minimum atomic E-state index is -5.98. The summed E-state index contributed by atoms with van der Waals surface area (Å²) in [5, 5.41) is 10.4. The Labute approximate surface area is 188 Å². The molecule has 0 bridgehead atoms. The predicted molar refractivity (Wildman–Crippen MR) is 105 cm³/mol. The van der Waals surface area contributed by atoms with E-state index in [0.29, 0.717) is 4.57 Å². The van der Waals surface area contributed by atoms with E-state index in [2.05, 4.69) is 13.6 Å². The Morgan fingerprint density at radius 2 is 1.91 bits per heavy atom. The number of phosphoric acid groups is 2. The molecule has 0 aliphatic carbocycles. The van der Waals surface area contributed by atoms with Crippen LogP contribution in [0.2, 0.25) is 0 Å². The molecule has 1 aliphatic heterocycles. The van der Waals surface area contributed by atoms with Gasteiger partial charge in [-0.1, -0.05) is 6.92 Å². The summed E-state index contributed by atoms with van der Waals surface area (Å²) < 4.78 is 77.3. The Balaban J connectivity index is 2.37. The first-order valence-corrected chi connectivity index (χ1v) is 13.8. The van der Waals surface area contributed by atoms with Crippen molar-refractivity contribution in [2.45, 2.75) is 36.9 Å². The number of aromatic nitrogens is 2. The van der Waals surface area contributed by atoms with E-state index < -0.39 is 70.7 Å². The van der Waals surface area contributed by atoms with E-state index in [1.807, 2.05) is 0 Å². The molecular formula is C12H19ClF2N3O12P3. The molecule has 0 radical (unpaired) electrons. The summed E-state index contributed by atoms with van der Waals surface area (Å²) in [5.41, 5.74) is 1.72. The molecule has 15 nitrogen and oxygen atoms in total. The molecule has 8 atom stereocenters. The molecule has 2 heterocycles. The third-order valence-corrected chi connectivity index (χ3v) is 9.60. The average molecular weight is 564 g/mol. The van der Waals surface area contributed by atoms with Gasteiger partial charge >= 0.3 is 28.9 Å². The molecule has 0 saturated carbocycles. The van der Waals surface area contributed by atoms with Crippen LogP contribution in [0.25, 0.3) is 0 Å². The second-order valence-electron chi connectivity index (χ2n) is 6.88. The molecule has 1 saturated heterocycles. The normalized spacial score (nSPS) is 31.5. The van der Waals surface area contributed by atoms with E-state index >= 15 is 0 Å². The van der Waals surface area contributed by atoms with Crippen LogP contribution in [-0.2, 0) is 27.1 Å². The molecule has 1 aromatic rings. The van der Waals surface area contributed by atoms with Gasteiger partial charge in [-0.2, -0.15) is 9.29 Å². The number of aliphatic hydroxyl groups excluding tert-OH is 1. The second kappa shape index (κ2) is 9.69. The predicted octanol–water partition coefficient (Wildman–Crippen LogP) is 0.374. The van der Waals surface area contributed by atoms with Crippen molar-refractivity contribution in [2.24, 2.45) is 5.92 Å². The van der Waals surface area contributed by atoms with Crippen LogP contribution in [0.15, 0.2) is 17.1 Å². The quantitative estimate of drug-likeness (QED) is 0.176. The molecule has 7 N–H and O–H groups in total. The van der Waals surface area contributed by atoms with Crippen LogP contribution in [0.3, 0.4) is 0 Å². The third-order valence-electron chi connectivity index (χ3n) is 4.67. The van der Waals surface area contributed by atoms with E-state index in [4.69, 9.17) is 31.9 Å². The van der Waals surface area contributed by atoms with Crippen LogP contribution in [0.1, 0.15) is 13.2 Å². The number of halogens is 3. The first kappa shape index (κ1) is 28.4. The summed E-state index contributed by atoms with van der Waals surface area (Å²) >= 11 is 5.77. The second-order valence-corrected chi connectivity index (χ2v) is 12.0. The summed E-state index contributed by atoms with van der Waals surface area (Å²) in [6, 6.07) is 1.08. The fraction of sp³-hybridized carbons (Fsp3) is 0.667. The van der Waals surface area contributed by atoms with Crippen molar-refractivity contribution in [1.82, 2.24) is 9.55 Å². The number of nitrogens with zero attached hydrogens (tertiary/aromatic N) is 2. The number of anilines is 1. The van der Waals surface area contributed by atoms with Gasteiger partial charge in [-0.25, -0.2) is 27.0 Å². The van der Waals surface area contributed by atoms with Gasteiger partial charge in [-0.15, -0.1) is 11.6 Å². The minimum Gasteiger partial charge on any atom is -0.387 e. The van der Waals surface area contributed by atoms with E-state index in [0.717, 1.165) is 19.2 Å². The maximum Gasteiger partial charge on any atom is 0.488 e. The summed E-state index contributed by atoms with van der Waals surface area (Å²) in [6.07, 6.45) is -5.72. The van der Waals surface area contributed by atoms with Crippen molar-refractivity contribution in [3.63, 3.8) is 0 Å². The Kier molecular flexibility index (Phi) is 8.35. The van der Waals surface area contributed by atoms with Crippen LogP contribution < -0.4 is 11.4 Å². The van der Waals surface area contributed by atoms with Crippen LogP contribution in [-0.4, -0.2) is 63.9 Å². The van der Waals surface area contributed by atoms with E-state index in [9.17, 15) is 42.2 Å². The summed E-state index contributed by atoms with van der Waals surface area (Å²) in [5.74, 6) is -6.45. The van der Waals surface area contributed by atoms with Crippen LogP contribution in [0.5, 0.6) is 0 Å². The topological polar surface area (TPSA) is 241 Å². The van der Waals surface area contributed by atoms with Crippen molar-refractivity contribution in [3.05, 3.63) is 22.7 Å². The Bertz CT molecular complexity index is 1090. The van der Waals surface area contributed by atoms with Crippen molar-refractivity contribution in [2.75, 3.05) is 11.6 Å². The molecule has 190 valence electrons. The molecule has 0 amide bonds. The maximum absolute atomic E-state index is 15.0. The smallest absolute Gasteiger partial charge is 0.387 e. The maximum atomic E-state index is 15.0. The van der Waals surface area contributed by atoms with Crippen LogP contribution in [0, 0.1) is 5.92 Å². The zero-order valence-electron chi connectivity index (χ0n) is 16.3. The van der Waals surface area contributed by atoms with E-state index in [1.165, 1.54) is 0 Å². The van der Waals surface area contributed by atoms with Crippen molar-refractivity contribution in [1.29, 1.82) is 0 Å². The van der Waals surface area contributed by atoms with Crippen molar-refractivity contribution in [3.8, 4) is 0 Å². The van der Waals surface area contributed by atoms with Crippen LogP contribution in [0.4, 0.5) is 14.6 Å². The van der Waals surface area contributed by atoms with Gasteiger partial charge in [0.15, 0.2) is 12.4 Å². The number of aliphatic hydroxyl groups is 1. The Morgan fingerprint density at radius 1 is 1.33 bits per heavy atom. The fourth-order valence-corrected chi connectivity index (χ4v) is 7.37. The molecule has 0 aromatic carbocycles. The van der Waals surface area contributed by atoms with Gasteiger partial charge < -0.3 is 35.2 Å². The monoisotopic (exact) mass is 563 g/mol. The molecule has 2 rings (SSSR count). The first-order valence-electron chi connectivity index (χ1n) is 8.55. The van der Waals surface area contributed by atoms with Gasteiger partial charge in [0.25, 0.3) is 0 Å². The standard InChI is InChI=1S/C12H19ClF2N3O12P3/c1-5(9(15)31(21,22)29-33(26,27)30-32(23,24)25)12(4-13)8(19)7(14)10(28-12)18-3-2-6(16)17-11(18)20/h2-3,5,7-10,19H,4H2,1H3,(H,21,22)(H,26,27)(H2,16,17,20)(H2,23,24,25)/t5?,7-,8+,9?,10-,12-/m1/s1. The third kappa shape index (κ3) is 6.07. The molecular weight excluding hydrogens is 545 g/mol. The summed E-state index contributed by atoms with van der Waals surface area (Å²) in [6.45, 7) is 0.799. The summed E-state index contributed by atoms with van der Waals surface area (Å²) in [4.78, 5) is 51.5. The van der Waals surface area contributed by atoms with Gasteiger partial charge in [-0.3, -0.25) is 9.13 Å². The lowest BCUT2D eigenvalue weighted by Gasteiger charge is -2.37. The van der Waals surface area contributed by atoms with E-state index in [1.54, 1.807) is 0 Å². The minimum absolute atomic E-state index is 0.227. The number of nitrogen functional groups attached to an aromatic ring is 1. The van der Waals surface area contributed by atoms with E-state index in [-0.39, 0.29) is 5.82 Å². The molecule has 1 fully saturated rings. The van der Waals surface area contributed by atoms with Crippen molar-refractivity contribution >= 4 is 40.7 Å². The number of ether oxygens (including phenoxy) is 1. The number of hydrogen-bond donors (Lipinski definition) is 6. The Morgan fingerprint density at radius 3 is 2.39 bits per heavy atom. The zero-order valence-corrected chi connectivity index (χ0v) is 19.7. The number of alkyl halides is 3. The number of nitrogens with two attached hydrogens (primary N) is 1. The molecule has 1 aromatic heterocycles. The van der Waals surface area contributed by atoms with Gasteiger partial charge in [-0.05, 0) is 6.07 Å². The molecule has 0 spiro atoms. The largest absolute Gasteiger partial charge is 0.488 e. The fourth-order valence-electron chi connectivity index (χ4n) is 3.08. The highest BCUT2D eigenvalue weighted by molar-refractivity contribution is 7.68. The first-order chi connectivity index (χ1) is 14.9. The number of rotatable bonds is 9. The van der Waals surface area contributed by atoms with Gasteiger partial charge in [0, 0.05) is 12.1 Å².